The molecule has 144 valence electrons. The first-order valence-electron chi connectivity index (χ1n) is 8.30. The molecule has 0 bridgehead atoms. The molecule has 0 saturated heterocycles. The van der Waals surface area contributed by atoms with Crippen molar-refractivity contribution in [3.63, 3.8) is 0 Å². The van der Waals surface area contributed by atoms with Crippen LogP contribution in [0.3, 0.4) is 0 Å². The van der Waals surface area contributed by atoms with Crippen LogP contribution in [-0.4, -0.2) is 23.2 Å². The van der Waals surface area contributed by atoms with Gasteiger partial charge in [-0.2, -0.15) is 13.2 Å². The average Bonchev–Trinajstić information content (AvgIpc) is 2.68. The molecular formula is C21H16F3NO3. The maximum atomic E-state index is 12.7. The lowest BCUT2D eigenvalue weighted by Gasteiger charge is -2.12. The fourth-order valence-electron chi connectivity index (χ4n) is 2.82. The summed E-state index contributed by atoms with van der Waals surface area (Å²) in [5.74, 6) is -0.517. The molecule has 28 heavy (non-hydrogen) atoms. The van der Waals surface area contributed by atoms with Crippen LogP contribution >= 0.6 is 0 Å². The number of methoxy groups -OCH3 is 1. The highest BCUT2D eigenvalue weighted by Crippen LogP contribution is 2.31. The number of aromatic carboxylic acids is 1. The van der Waals surface area contributed by atoms with Gasteiger partial charge in [0.1, 0.15) is 5.75 Å². The predicted molar refractivity (Wildman–Crippen MR) is 97.4 cm³/mol. The zero-order valence-electron chi connectivity index (χ0n) is 14.8. The average molecular weight is 387 g/mol. The first kappa shape index (κ1) is 19.4. The van der Waals surface area contributed by atoms with Crippen LogP contribution in [-0.2, 0) is 12.6 Å². The number of aromatic nitrogens is 1. The molecule has 0 spiro atoms. The SMILES string of the molecule is COc1ccnc(-c2cc(C(=O)O)ccc2Cc2ccc(C(F)(F)F)cc2)c1. The number of benzene rings is 2. The van der Waals surface area contributed by atoms with Crippen LogP contribution in [0.2, 0.25) is 0 Å². The molecule has 3 aromatic rings. The van der Waals surface area contributed by atoms with E-state index in [0.29, 0.717) is 29.0 Å². The van der Waals surface area contributed by atoms with Crippen molar-refractivity contribution in [1.29, 1.82) is 0 Å². The van der Waals surface area contributed by atoms with Crippen LogP contribution < -0.4 is 4.74 Å². The summed E-state index contributed by atoms with van der Waals surface area (Å²) in [6, 6.07) is 12.9. The van der Waals surface area contributed by atoms with Crippen molar-refractivity contribution in [2.45, 2.75) is 12.6 Å². The summed E-state index contributed by atoms with van der Waals surface area (Å²) in [4.78, 5) is 15.6. The number of carboxylic acids is 1. The minimum Gasteiger partial charge on any atom is -0.497 e. The molecule has 3 rings (SSSR count). The van der Waals surface area contributed by atoms with Gasteiger partial charge in [-0.3, -0.25) is 4.98 Å². The van der Waals surface area contributed by atoms with Crippen LogP contribution in [0.15, 0.2) is 60.8 Å². The van der Waals surface area contributed by atoms with Crippen molar-refractivity contribution >= 4 is 5.97 Å². The Labute approximate surface area is 159 Å². The molecule has 0 atom stereocenters. The highest BCUT2D eigenvalue weighted by molar-refractivity contribution is 5.89. The molecule has 0 radical (unpaired) electrons. The van der Waals surface area contributed by atoms with Gasteiger partial charge in [0.15, 0.2) is 0 Å². The van der Waals surface area contributed by atoms with Crippen molar-refractivity contribution in [3.05, 3.63) is 83.0 Å². The van der Waals surface area contributed by atoms with E-state index in [4.69, 9.17) is 4.74 Å². The third kappa shape index (κ3) is 4.31. The number of hydrogen-bond acceptors (Lipinski definition) is 3. The molecular weight excluding hydrogens is 371 g/mol. The van der Waals surface area contributed by atoms with Gasteiger partial charge in [0, 0.05) is 17.8 Å². The largest absolute Gasteiger partial charge is 0.497 e. The Kier molecular flexibility index (Phi) is 5.35. The van der Waals surface area contributed by atoms with E-state index in [2.05, 4.69) is 4.98 Å². The maximum absolute atomic E-state index is 12.7. The van der Waals surface area contributed by atoms with E-state index in [-0.39, 0.29) is 5.56 Å². The molecule has 0 saturated carbocycles. The fourth-order valence-corrected chi connectivity index (χ4v) is 2.82. The van der Waals surface area contributed by atoms with E-state index >= 15 is 0 Å². The minimum atomic E-state index is -4.39. The zero-order valence-corrected chi connectivity index (χ0v) is 14.8. The second-order valence-corrected chi connectivity index (χ2v) is 6.13. The van der Waals surface area contributed by atoms with Gasteiger partial charge < -0.3 is 9.84 Å². The standard InChI is InChI=1S/C21H16F3NO3/c1-28-17-8-9-25-19(12-17)18-11-15(20(26)27)5-4-14(18)10-13-2-6-16(7-3-13)21(22,23)24/h2-9,11-12H,10H2,1H3,(H,26,27). The molecule has 0 fully saturated rings. The maximum Gasteiger partial charge on any atom is 0.416 e. The Hall–Kier alpha value is -3.35. The van der Waals surface area contributed by atoms with Gasteiger partial charge in [0.05, 0.1) is 23.9 Å². The lowest BCUT2D eigenvalue weighted by atomic mass is 9.95. The fraction of sp³-hybridized carbons (Fsp3) is 0.143. The summed E-state index contributed by atoms with van der Waals surface area (Å²) in [6.45, 7) is 0. The predicted octanol–water partition coefficient (Wildman–Crippen LogP) is 5.07. The van der Waals surface area contributed by atoms with Gasteiger partial charge in [0.2, 0.25) is 0 Å². The van der Waals surface area contributed by atoms with E-state index in [0.717, 1.165) is 17.7 Å². The molecule has 1 heterocycles. The smallest absolute Gasteiger partial charge is 0.416 e. The van der Waals surface area contributed by atoms with Crippen molar-refractivity contribution in [3.8, 4) is 17.0 Å². The number of ether oxygens (including phenoxy) is 1. The molecule has 2 aromatic carbocycles. The van der Waals surface area contributed by atoms with Gasteiger partial charge in [-0.1, -0.05) is 18.2 Å². The Morgan fingerprint density at radius 2 is 1.79 bits per heavy atom. The monoisotopic (exact) mass is 387 g/mol. The molecule has 0 aliphatic heterocycles. The van der Waals surface area contributed by atoms with Gasteiger partial charge in [-0.15, -0.1) is 0 Å². The summed E-state index contributed by atoms with van der Waals surface area (Å²) < 4.78 is 43.4. The topological polar surface area (TPSA) is 59.4 Å². The van der Waals surface area contributed by atoms with Crippen molar-refractivity contribution in [2.24, 2.45) is 0 Å². The highest BCUT2D eigenvalue weighted by Gasteiger charge is 2.29. The van der Waals surface area contributed by atoms with E-state index in [9.17, 15) is 23.1 Å². The molecule has 0 amide bonds. The van der Waals surface area contributed by atoms with Gasteiger partial charge in [-0.05, 0) is 47.9 Å². The molecule has 0 aliphatic carbocycles. The second-order valence-electron chi connectivity index (χ2n) is 6.13. The van der Waals surface area contributed by atoms with Crippen LogP contribution in [0.4, 0.5) is 13.2 Å². The van der Waals surface area contributed by atoms with E-state index in [1.807, 2.05) is 0 Å². The van der Waals surface area contributed by atoms with Gasteiger partial charge >= 0.3 is 12.1 Å². The molecule has 7 heteroatoms. The van der Waals surface area contributed by atoms with E-state index in [1.54, 1.807) is 24.4 Å². The van der Waals surface area contributed by atoms with Crippen LogP contribution in [0, 0.1) is 0 Å². The molecule has 4 nitrogen and oxygen atoms in total. The number of carbonyl (C=O) groups is 1. The molecule has 0 unspecified atom stereocenters. The van der Waals surface area contributed by atoms with Crippen molar-refractivity contribution in [2.75, 3.05) is 7.11 Å². The number of rotatable bonds is 5. The summed E-state index contributed by atoms with van der Waals surface area (Å²) in [5.41, 5.74) is 1.89. The Morgan fingerprint density at radius 1 is 1.07 bits per heavy atom. The summed E-state index contributed by atoms with van der Waals surface area (Å²) in [5, 5.41) is 9.29. The van der Waals surface area contributed by atoms with Crippen LogP contribution in [0.5, 0.6) is 5.75 Å². The number of pyridine rings is 1. The van der Waals surface area contributed by atoms with E-state index < -0.39 is 17.7 Å². The van der Waals surface area contributed by atoms with Crippen LogP contribution in [0.1, 0.15) is 27.0 Å². The van der Waals surface area contributed by atoms with Crippen LogP contribution in [0.25, 0.3) is 11.3 Å². The number of alkyl halides is 3. The third-order valence-corrected chi connectivity index (χ3v) is 4.28. The summed E-state index contributed by atoms with van der Waals surface area (Å²) in [6.07, 6.45) is -2.52. The number of hydrogen-bond donors (Lipinski definition) is 1. The van der Waals surface area contributed by atoms with Crippen molar-refractivity contribution < 1.29 is 27.8 Å². The molecule has 1 N–H and O–H groups in total. The Balaban J connectivity index is 2.01. The number of halogens is 3. The Morgan fingerprint density at radius 3 is 2.39 bits per heavy atom. The zero-order chi connectivity index (χ0) is 20.3. The summed E-state index contributed by atoms with van der Waals surface area (Å²) >= 11 is 0. The molecule has 1 aromatic heterocycles. The van der Waals surface area contributed by atoms with Crippen molar-refractivity contribution in [1.82, 2.24) is 4.98 Å². The lowest BCUT2D eigenvalue weighted by molar-refractivity contribution is -0.137. The quantitative estimate of drug-likeness (QED) is 0.664. The van der Waals surface area contributed by atoms with E-state index in [1.165, 1.54) is 31.4 Å². The number of nitrogens with zero attached hydrogens (tertiary/aromatic N) is 1. The van der Waals surface area contributed by atoms with Gasteiger partial charge in [-0.25, -0.2) is 4.79 Å². The first-order valence-corrected chi connectivity index (χ1v) is 8.30. The second kappa shape index (κ2) is 7.72. The first-order chi connectivity index (χ1) is 13.3. The highest BCUT2D eigenvalue weighted by atomic mass is 19.4. The third-order valence-electron chi connectivity index (χ3n) is 4.28. The Bertz CT molecular complexity index is 999. The molecule has 0 aliphatic rings. The summed E-state index contributed by atoms with van der Waals surface area (Å²) in [7, 11) is 1.51. The minimum absolute atomic E-state index is 0.0933. The lowest BCUT2D eigenvalue weighted by Crippen LogP contribution is -2.05. The normalized spacial score (nSPS) is 11.3. The van der Waals surface area contributed by atoms with Gasteiger partial charge in [0.25, 0.3) is 0 Å². The number of carboxylic acid groups (broad SMARTS) is 1.